The fraction of sp³-hybridized carbons (Fsp3) is 0.167. The van der Waals surface area contributed by atoms with Gasteiger partial charge in [-0.3, -0.25) is 0 Å². The van der Waals surface area contributed by atoms with Crippen LogP contribution in [-0.2, 0) is 6.42 Å². The predicted octanol–water partition coefficient (Wildman–Crippen LogP) is 3.09. The number of aryl methyl sites for hydroxylation is 1. The second-order valence-electron chi connectivity index (χ2n) is 3.29. The number of rotatable bonds is 2. The van der Waals surface area contributed by atoms with Crippen LogP contribution in [0.2, 0.25) is 0 Å². The predicted molar refractivity (Wildman–Crippen MR) is 57.9 cm³/mol. The molecule has 0 radical (unpaired) electrons. The molecule has 0 unspecified atom stereocenters. The lowest BCUT2D eigenvalue weighted by Crippen LogP contribution is -1.80. The highest BCUT2D eigenvalue weighted by Crippen LogP contribution is 2.23. The van der Waals surface area contributed by atoms with E-state index in [0.29, 0.717) is 5.88 Å². The van der Waals surface area contributed by atoms with Crippen molar-refractivity contribution in [2.75, 3.05) is 5.73 Å². The summed E-state index contributed by atoms with van der Waals surface area (Å²) in [7, 11) is 0. The number of benzene rings is 1. The molecule has 0 aliphatic rings. The highest BCUT2D eigenvalue weighted by molar-refractivity contribution is 5.65. The van der Waals surface area contributed by atoms with Crippen molar-refractivity contribution in [3.8, 4) is 11.1 Å². The summed E-state index contributed by atoms with van der Waals surface area (Å²) in [4.78, 5) is 0. The van der Waals surface area contributed by atoms with E-state index in [4.69, 9.17) is 10.2 Å². The molecule has 2 heteroatoms. The maximum atomic E-state index is 5.51. The van der Waals surface area contributed by atoms with Crippen molar-refractivity contribution in [2.45, 2.75) is 13.3 Å². The first-order valence-electron chi connectivity index (χ1n) is 4.73. The molecule has 0 saturated heterocycles. The number of nitrogens with two attached hydrogens (primary N) is 1. The molecular formula is C12H13NO. The Balaban J connectivity index is 2.33. The minimum Gasteiger partial charge on any atom is -0.449 e. The highest BCUT2D eigenvalue weighted by Gasteiger charge is 2.00. The van der Waals surface area contributed by atoms with Crippen LogP contribution in [0.1, 0.15) is 12.5 Å². The van der Waals surface area contributed by atoms with E-state index in [1.54, 1.807) is 6.26 Å². The number of furan rings is 1. The molecule has 72 valence electrons. The van der Waals surface area contributed by atoms with Gasteiger partial charge in [0.25, 0.3) is 0 Å². The van der Waals surface area contributed by atoms with Gasteiger partial charge in [-0.1, -0.05) is 31.2 Å². The summed E-state index contributed by atoms with van der Waals surface area (Å²) in [6.07, 6.45) is 2.74. The smallest absolute Gasteiger partial charge is 0.190 e. The first-order valence-corrected chi connectivity index (χ1v) is 4.73. The third kappa shape index (κ3) is 1.64. The molecule has 14 heavy (non-hydrogen) atoms. The Morgan fingerprint density at radius 3 is 2.36 bits per heavy atom. The maximum absolute atomic E-state index is 5.51. The van der Waals surface area contributed by atoms with Gasteiger partial charge in [0, 0.05) is 11.6 Å². The van der Waals surface area contributed by atoms with E-state index in [-0.39, 0.29) is 0 Å². The Labute approximate surface area is 83.4 Å². The minimum absolute atomic E-state index is 0.458. The lowest BCUT2D eigenvalue weighted by Gasteiger charge is -1.98. The molecule has 2 N–H and O–H groups in total. The van der Waals surface area contributed by atoms with Crippen LogP contribution >= 0.6 is 0 Å². The Morgan fingerprint density at radius 1 is 1.14 bits per heavy atom. The van der Waals surface area contributed by atoms with Gasteiger partial charge in [-0.25, -0.2) is 0 Å². The monoisotopic (exact) mass is 187 g/mol. The van der Waals surface area contributed by atoms with Crippen LogP contribution in [0.4, 0.5) is 5.88 Å². The summed E-state index contributed by atoms with van der Waals surface area (Å²) in [5.41, 5.74) is 9.02. The summed E-state index contributed by atoms with van der Waals surface area (Å²) >= 11 is 0. The van der Waals surface area contributed by atoms with Crippen molar-refractivity contribution in [3.05, 3.63) is 42.2 Å². The number of nitrogen functional groups attached to an aromatic ring is 1. The van der Waals surface area contributed by atoms with Gasteiger partial charge in [-0.2, -0.15) is 0 Å². The van der Waals surface area contributed by atoms with Gasteiger partial charge >= 0.3 is 0 Å². The molecule has 0 fully saturated rings. The van der Waals surface area contributed by atoms with E-state index in [1.807, 2.05) is 6.07 Å². The summed E-state index contributed by atoms with van der Waals surface area (Å²) in [6.45, 7) is 2.14. The molecule has 2 rings (SSSR count). The van der Waals surface area contributed by atoms with Crippen LogP contribution in [0.5, 0.6) is 0 Å². The number of anilines is 1. The van der Waals surface area contributed by atoms with Crippen molar-refractivity contribution >= 4 is 5.88 Å². The van der Waals surface area contributed by atoms with Crippen molar-refractivity contribution in [2.24, 2.45) is 0 Å². The first-order chi connectivity index (χ1) is 6.79. The third-order valence-electron chi connectivity index (χ3n) is 2.32. The van der Waals surface area contributed by atoms with Crippen LogP contribution in [0.25, 0.3) is 11.1 Å². The average molecular weight is 187 g/mol. The summed E-state index contributed by atoms with van der Waals surface area (Å²) in [5, 5.41) is 0. The van der Waals surface area contributed by atoms with E-state index in [9.17, 15) is 0 Å². The van der Waals surface area contributed by atoms with E-state index < -0.39 is 0 Å². The van der Waals surface area contributed by atoms with Crippen molar-refractivity contribution in [3.63, 3.8) is 0 Å². The lowest BCUT2D eigenvalue weighted by molar-refractivity contribution is 0.588. The van der Waals surface area contributed by atoms with Crippen molar-refractivity contribution < 1.29 is 4.42 Å². The zero-order valence-corrected chi connectivity index (χ0v) is 8.16. The topological polar surface area (TPSA) is 39.2 Å². The molecule has 2 aromatic rings. The number of hydrogen-bond acceptors (Lipinski definition) is 2. The lowest BCUT2D eigenvalue weighted by atomic mass is 10.1. The second kappa shape index (κ2) is 3.58. The second-order valence-corrected chi connectivity index (χ2v) is 3.29. The molecule has 0 saturated carbocycles. The Bertz CT molecular complexity index is 414. The molecule has 2 nitrogen and oxygen atoms in total. The molecule has 1 aromatic carbocycles. The quantitative estimate of drug-likeness (QED) is 0.784. The van der Waals surface area contributed by atoms with Crippen molar-refractivity contribution in [1.82, 2.24) is 0 Å². The Morgan fingerprint density at radius 2 is 1.86 bits per heavy atom. The largest absolute Gasteiger partial charge is 0.449 e. The molecular weight excluding hydrogens is 174 g/mol. The summed E-state index contributed by atoms with van der Waals surface area (Å²) in [5.74, 6) is 0.458. The molecule has 0 bridgehead atoms. The van der Waals surface area contributed by atoms with E-state index in [1.165, 1.54) is 5.56 Å². The Hall–Kier alpha value is -1.70. The van der Waals surface area contributed by atoms with E-state index >= 15 is 0 Å². The van der Waals surface area contributed by atoms with Crippen LogP contribution in [0.3, 0.4) is 0 Å². The molecule has 0 aliphatic carbocycles. The highest BCUT2D eigenvalue weighted by atomic mass is 16.3. The van der Waals surface area contributed by atoms with E-state index in [2.05, 4.69) is 31.2 Å². The molecule has 0 amide bonds. The first kappa shape index (κ1) is 8.88. The Kier molecular flexibility index (Phi) is 2.27. The zero-order valence-electron chi connectivity index (χ0n) is 8.16. The number of hydrogen-bond donors (Lipinski definition) is 1. The minimum atomic E-state index is 0.458. The molecule has 0 aliphatic heterocycles. The fourth-order valence-electron chi connectivity index (χ4n) is 1.44. The summed E-state index contributed by atoms with van der Waals surface area (Å²) < 4.78 is 5.05. The van der Waals surface area contributed by atoms with E-state index in [0.717, 1.165) is 17.5 Å². The summed E-state index contributed by atoms with van der Waals surface area (Å²) in [6, 6.07) is 10.3. The van der Waals surface area contributed by atoms with Gasteiger partial charge < -0.3 is 10.2 Å². The van der Waals surface area contributed by atoms with Gasteiger partial charge in [0.15, 0.2) is 5.88 Å². The van der Waals surface area contributed by atoms with Crippen LogP contribution in [0, 0.1) is 0 Å². The fourth-order valence-corrected chi connectivity index (χ4v) is 1.44. The van der Waals surface area contributed by atoms with Crippen molar-refractivity contribution in [1.29, 1.82) is 0 Å². The molecule has 0 atom stereocenters. The average Bonchev–Trinajstić information content (AvgIpc) is 2.65. The van der Waals surface area contributed by atoms with Crippen LogP contribution in [0.15, 0.2) is 41.0 Å². The van der Waals surface area contributed by atoms with Gasteiger partial charge in [-0.05, 0) is 17.5 Å². The molecule has 1 heterocycles. The zero-order chi connectivity index (χ0) is 9.97. The standard InChI is InChI=1S/C12H13NO/c1-2-9-3-5-10(6-4-9)11-7-12(13)14-8-11/h3-8H,2,13H2,1H3. The van der Waals surface area contributed by atoms with Crippen LogP contribution < -0.4 is 5.73 Å². The molecule has 0 spiro atoms. The third-order valence-corrected chi connectivity index (χ3v) is 2.32. The van der Waals surface area contributed by atoms with Gasteiger partial charge in [-0.15, -0.1) is 0 Å². The SMILES string of the molecule is CCc1ccc(-c2coc(N)c2)cc1. The van der Waals surface area contributed by atoms with Gasteiger partial charge in [0.05, 0.1) is 0 Å². The molecule has 1 aromatic heterocycles. The maximum Gasteiger partial charge on any atom is 0.190 e. The van der Waals surface area contributed by atoms with Crippen LogP contribution in [-0.4, -0.2) is 0 Å². The normalized spacial score (nSPS) is 10.4. The van der Waals surface area contributed by atoms with Gasteiger partial charge in [0.1, 0.15) is 6.26 Å². The van der Waals surface area contributed by atoms with Gasteiger partial charge in [0.2, 0.25) is 0 Å².